The number of hydrogen-bond donors (Lipinski definition) is 2. The Morgan fingerprint density at radius 2 is 2.05 bits per heavy atom. The maximum Gasteiger partial charge on any atom is 0.165 e. The Hall–Kier alpha value is -3.22. The molecule has 4 aromatic heterocycles. The van der Waals surface area contributed by atoms with Crippen LogP contribution in [0.1, 0.15) is 5.56 Å². The van der Waals surface area contributed by atoms with Gasteiger partial charge in [0.25, 0.3) is 0 Å². The van der Waals surface area contributed by atoms with Crippen molar-refractivity contribution < 1.29 is 0 Å². The first kappa shape index (κ1) is 12.5. The second-order valence-electron chi connectivity index (χ2n) is 4.84. The predicted octanol–water partition coefficient (Wildman–Crippen LogP) is 2.13. The first-order valence-electron chi connectivity index (χ1n) is 6.86. The highest BCUT2D eigenvalue weighted by molar-refractivity contribution is 5.76. The van der Waals surface area contributed by atoms with Gasteiger partial charge in [0.05, 0.1) is 12.4 Å². The topological polar surface area (TPSA) is 83.8 Å². The quantitative estimate of drug-likeness (QED) is 0.601. The van der Waals surface area contributed by atoms with Gasteiger partial charge in [-0.25, -0.2) is 9.50 Å². The summed E-state index contributed by atoms with van der Waals surface area (Å²) >= 11 is 0. The van der Waals surface area contributed by atoms with Gasteiger partial charge in [-0.2, -0.15) is 10.2 Å². The molecule has 0 unspecified atom stereocenters. The predicted molar refractivity (Wildman–Crippen MR) is 82.1 cm³/mol. The first-order valence-corrected chi connectivity index (χ1v) is 6.86. The van der Waals surface area contributed by atoms with E-state index in [4.69, 9.17) is 0 Å². The summed E-state index contributed by atoms with van der Waals surface area (Å²) in [5.74, 6) is 0.801. The van der Waals surface area contributed by atoms with Gasteiger partial charge in [0, 0.05) is 42.5 Å². The Morgan fingerprint density at radius 3 is 2.86 bits per heavy atom. The van der Waals surface area contributed by atoms with E-state index in [9.17, 15) is 0 Å². The number of nitrogens with zero attached hydrogens (tertiary/aromatic N) is 5. The molecule has 0 aromatic carbocycles. The van der Waals surface area contributed by atoms with Crippen LogP contribution in [0.3, 0.4) is 0 Å². The van der Waals surface area contributed by atoms with Crippen molar-refractivity contribution in [1.82, 2.24) is 29.8 Å². The van der Waals surface area contributed by atoms with Gasteiger partial charge < -0.3 is 5.32 Å². The molecule has 0 aliphatic rings. The Kier molecular flexibility index (Phi) is 3.01. The van der Waals surface area contributed by atoms with Gasteiger partial charge in [-0.3, -0.25) is 10.1 Å². The minimum atomic E-state index is 0.695. The minimum Gasteiger partial charge on any atom is -0.366 e. The fraction of sp³-hybridized carbons (Fsp3) is 0.0667. The normalized spacial score (nSPS) is 10.9. The fourth-order valence-corrected chi connectivity index (χ4v) is 2.26. The zero-order chi connectivity index (χ0) is 14.8. The van der Waals surface area contributed by atoms with Crippen LogP contribution in [-0.4, -0.2) is 29.8 Å². The van der Waals surface area contributed by atoms with Crippen molar-refractivity contribution in [2.75, 3.05) is 5.32 Å². The Morgan fingerprint density at radius 1 is 1.14 bits per heavy atom. The lowest BCUT2D eigenvalue weighted by Gasteiger charge is -2.06. The molecule has 0 radical (unpaired) electrons. The lowest BCUT2D eigenvalue weighted by Crippen LogP contribution is -2.02. The minimum absolute atomic E-state index is 0.695. The number of H-pyrrole nitrogens is 1. The Bertz CT molecular complexity index is 881. The summed E-state index contributed by atoms with van der Waals surface area (Å²) in [6.45, 7) is 0.695. The van der Waals surface area contributed by atoms with Crippen molar-refractivity contribution in [2.24, 2.45) is 0 Å². The van der Waals surface area contributed by atoms with E-state index in [1.165, 1.54) is 0 Å². The molecule has 0 atom stereocenters. The van der Waals surface area contributed by atoms with E-state index >= 15 is 0 Å². The number of pyridine rings is 1. The Labute approximate surface area is 126 Å². The number of aromatic nitrogens is 6. The second-order valence-corrected chi connectivity index (χ2v) is 4.84. The van der Waals surface area contributed by atoms with Crippen molar-refractivity contribution in [3.63, 3.8) is 0 Å². The first-order chi connectivity index (χ1) is 10.9. The smallest absolute Gasteiger partial charge is 0.165 e. The van der Waals surface area contributed by atoms with E-state index in [1.807, 2.05) is 30.6 Å². The van der Waals surface area contributed by atoms with Crippen molar-refractivity contribution in [2.45, 2.75) is 6.54 Å². The zero-order valence-corrected chi connectivity index (χ0v) is 11.6. The molecular weight excluding hydrogens is 278 g/mol. The maximum absolute atomic E-state index is 4.64. The number of aromatic amines is 1. The van der Waals surface area contributed by atoms with Crippen LogP contribution in [0.4, 0.5) is 5.82 Å². The molecule has 2 N–H and O–H groups in total. The highest BCUT2D eigenvalue weighted by Gasteiger charge is 2.09. The van der Waals surface area contributed by atoms with Gasteiger partial charge in [-0.15, -0.1) is 0 Å². The molecule has 0 aliphatic heterocycles. The molecule has 4 aromatic rings. The third-order valence-electron chi connectivity index (χ3n) is 3.40. The van der Waals surface area contributed by atoms with Crippen molar-refractivity contribution in [3.8, 4) is 11.1 Å². The van der Waals surface area contributed by atoms with Gasteiger partial charge in [-0.05, 0) is 23.8 Å². The molecule has 0 aliphatic carbocycles. The molecule has 0 saturated heterocycles. The summed E-state index contributed by atoms with van der Waals surface area (Å²) in [5.41, 5.74) is 3.86. The number of fused-ring (bicyclic) bond motifs is 1. The van der Waals surface area contributed by atoms with Crippen LogP contribution in [0.25, 0.3) is 16.8 Å². The van der Waals surface area contributed by atoms with E-state index in [1.54, 1.807) is 29.3 Å². The highest BCUT2D eigenvalue weighted by Crippen LogP contribution is 2.22. The Balaban J connectivity index is 1.64. The van der Waals surface area contributed by atoms with Gasteiger partial charge in [0.15, 0.2) is 5.65 Å². The molecule has 22 heavy (non-hydrogen) atoms. The van der Waals surface area contributed by atoms with E-state index < -0.39 is 0 Å². The number of rotatable bonds is 4. The summed E-state index contributed by atoms with van der Waals surface area (Å²) in [6.07, 6.45) is 10.8. The zero-order valence-electron chi connectivity index (χ0n) is 11.6. The summed E-state index contributed by atoms with van der Waals surface area (Å²) in [7, 11) is 0. The molecule has 4 rings (SSSR count). The van der Waals surface area contributed by atoms with Crippen LogP contribution >= 0.6 is 0 Å². The standard InChI is InChI=1S/C15H13N7/c1-4-16-5-2-11(1)7-17-14-3-6-22-15(21-14)13(10-20-22)12-8-18-19-9-12/h1-6,8-10H,7H2,(H,17,21)(H,18,19). The van der Waals surface area contributed by atoms with E-state index in [-0.39, 0.29) is 0 Å². The maximum atomic E-state index is 4.64. The van der Waals surface area contributed by atoms with Gasteiger partial charge in [0.2, 0.25) is 0 Å². The van der Waals surface area contributed by atoms with Crippen LogP contribution < -0.4 is 5.32 Å². The summed E-state index contributed by atoms with van der Waals surface area (Å²) in [6, 6.07) is 5.85. The summed E-state index contributed by atoms with van der Waals surface area (Å²) in [4.78, 5) is 8.65. The third-order valence-corrected chi connectivity index (χ3v) is 3.40. The summed E-state index contributed by atoms with van der Waals surface area (Å²) < 4.78 is 1.75. The molecule has 7 nitrogen and oxygen atoms in total. The van der Waals surface area contributed by atoms with E-state index in [0.29, 0.717) is 6.54 Å². The van der Waals surface area contributed by atoms with Crippen molar-refractivity contribution in [1.29, 1.82) is 0 Å². The van der Waals surface area contributed by atoms with Crippen LogP contribution in [-0.2, 0) is 6.54 Å². The van der Waals surface area contributed by atoms with E-state index in [0.717, 1.165) is 28.2 Å². The number of anilines is 1. The van der Waals surface area contributed by atoms with Crippen LogP contribution in [0.5, 0.6) is 0 Å². The monoisotopic (exact) mass is 291 g/mol. The molecule has 0 bridgehead atoms. The van der Waals surface area contributed by atoms with Crippen LogP contribution in [0, 0.1) is 0 Å². The SMILES string of the molecule is c1cc(CNc2ccn3ncc(-c4cn[nH]c4)c3n2)ccn1. The lowest BCUT2D eigenvalue weighted by molar-refractivity contribution is 0.936. The van der Waals surface area contributed by atoms with E-state index in [2.05, 4.69) is 30.6 Å². The fourth-order valence-electron chi connectivity index (χ4n) is 2.26. The van der Waals surface area contributed by atoms with Crippen molar-refractivity contribution in [3.05, 3.63) is 60.9 Å². The molecule has 7 heteroatoms. The van der Waals surface area contributed by atoms with Crippen LogP contribution in [0.2, 0.25) is 0 Å². The average molecular weight is 291 g/mol. The number of hydrogen-bond acceptors (Lipinski definition) is 5. The lowest BCUT2D eigenvalue weighted by atomic mass is 10.2. The van der Waals surface area contributed by atoms with Crippen molar-refractivity contribution >= 4 is 11.5 Å². The molecule has 0 spiro atoms. The molecule has 0 amide bonds. The molecule has 0 fully saturated rings. The van der Waals surface area contributed by atoms with Gasteiger partial charge in [0.1, 0.15) is 5.82 Å². The molecule has 108 valence electrons. The molecule has 0 saturated carbocycles. The largest absolute Gasteiger partial charge is 0.366 e. The highest BCUT2D eigenvalue weighted by atomic mass is 15.2. The van der Waals surface area contributed by atoms with Crippen LogP contribution in [0.15, 0.2) is 55.4 Å². The number of nitrogens with one attached hydrogen (secondary N) is 2. The molecule has 4 heterocycles. The molecular formula is C15H13N7. The van der Waals surface area contributed by atoms with Gasteiger partial charge in [-0.1, -0.05) is 0 Å². The van der Waals surface area contributed by atoms with Gasteiger partial charge >= 0.3 is 0 Å². The second kappa shape index (κ2) is 5.28. The third kappa shape index (κ3) is 2.28. The average Bonchev–Trinajstić information content (AvgIpc) is 3.22. The summed E-state index contributed by atoms with van der Waals surface area (Å²) in [5, 5.41) is 14.4.